The molecule has 1 aliphatic heterocycles. The molecule has 3 rings (SSSR count). The Morgan fingerprint density at radius 1 is 1.10 bits per heavy atom. The summed E-state index contributed by atoms with van der Waals surface area (Å²) in [5, 5.41) is 13.1. The van der Waals surface area contributed by atoms with Gasteiger partial charge in [-0.1, -0.05) is 0 Å². The van der Waals surface area contributed by atoms with Gasteiger partial charge in [-0.25, -0.2) is 4.68 Å². The van der Waals surface area contributed by atoms with Gasteiger partial charge in [-0.3, -0.25) is 4.90 Å². The molecule has 0 saturated carbocycles. The van der Waals surface area contributed by atoms with Crippen LogP contribution in [0.5, 0.6) is 0 Å². The molecule has 1 fully saturated rings. The Labute approximate surface area is 122 Å². The summed E-state index contributed by atoms with van der Waals surface area (Å²) in [5.74, 6) is 1.17. The first kappa shape index (κ1) is 13.7. The Kier molecular flexibility index (Phi) is 3.93. The monoisotopic (exact) mass is 290 g/mol. The molecule has 0 aromatic carbocycles. The van der Waals surface area contributed by atoms with Crippen molar-refractivity contribution in [2.75, 3.05) is 50.0 Å². The van der Waals surface area contributed by atoms with Crippen LogP contribution in [-0.2, 0) is 0 Å². The van der Waals surface area contributed by atoms with Gasteiger partial charge < -0.3 is 15.7 Å². The van der Waals surface area contributed by atoms with Gasteiger partial charge in [0, 0.05) is 45.1 Å². The molecule has 9 nitrogen and oxygen atoms in total. The number of nitrogens with two attached hydrogens (primary N) is 1. The lowest BCUT2D eigenvalue weighted by atomic mass is 10.3. The molecule has 0 aliphatic carbocycles. The molecule has 3 heterocycles. The fourth-order valence-corrected chi connectivity index (χ4v) is 2.31. The highest BCUT2D eigenvalue weighted by molar-refractivity contribution is 5.38. The van der Waals surface area contributed by atoms with Crippen LogP contribution in [0.15, 0.2) is 18.5 Å². The number of hydrogen-bond donors (Lipinski definition) is 2. The predicted octanol–water partition coefficient (Wildman–Crippen LogP) is -1.25. The predicted molar refractivity (Wildman–Crippen MR) is 77.1 cm³/mol. The second-order valence-corrected chi connectivity index (χ2v) is 4.80. The molecule has 112 valence electrons. The highest BCUT2D eigenvalue weighted by Gasteiger charge is 2.20. The number of aromatic nitrogens is 5. The molecule has 1 aliphatic rings. The molecule has 9 heteroatoms. The van der Waals surface area contributed by atoms with Crippen molar-refractivity contribution < 1.29 is 5.11 Å². The van der Waals surface area contributed by atoms with Crippen LogP contribution < -0.4 is 10.6 Å². The standard InChI is InChI=1S/C12H18N8O/c13-10-15-11(17-12(16-10)20-3-1-2-14-20)19-6-4-18(5-7-19)8-9-21/h1-3,21H,4-9H2,(H2,13,15,16,17). The van der Waals surface area contributed by atoms with E-state index in [-0.39, 0.29) is 12.6 Å². The fraction of sp³-hybridized carbons (Fsp3) is 0.500. The van der Waals surface area contributed by atoms with Crippen LogP contribution in [0.2, 0.25) is 0 Å². The summed E-state index contributed by atoms with van der Waals surface area (Å²) in [6.07, 6.45) is 3.42. The van der Waals surface area contributed by atoms with Crippen LogP contribution in [0, 0.1) is 0 Å². The first-order valence-corrected chi connectivity index (χ1v) is 6.86. The highest BCUT2D eigenvalue weighted by atomic mass is 16.3. The van der Waals surface area contributed by atoms with E-state index in [0.29, 0.717) is 18.4 Å². The molecule has 3 N–H and O–H groups in total. The molecule has 0 radical (unpaired) electrons. The van der Waals surface area contributed by atoms with Gasteiger partial charge in [0.2, 0.25) is 11.9 Å². The van der Waals surface area contributed by atoms with E-state index in [1.165, 1.54) is 0 Å². The average Bonchev–Trinajstić information content (AvgIpc) is 3.02. The van der Waals surface area contributed by atoms with Gasteiger partial charge in [0.25, 0.3) is 5.95 Å². The first-order chi connectivity index (χ1) is 10.3. The third-order valence-corrected chi connectivity index (χ3v) is 3.41. The lowest BCUT2D eigenvalue weighted by Crippen LogP contribution is -2.47. The van der Waals surface area contributed by atoms with E-state index < -0.39 is 0 Å². The van der Waals surface area contributed by atoms with Crippen molar-refractivity contribution in [3.8, 4) is 5.95 Å². The zero-order valence-electron chi connectivity index (χ0n) is 11.6. The van der Waals surface area contributed by atoms with Crippen LogP contribution >= 0.6 is 0 Å². The van der Waals surface area contributed by atoms with Crippen molar-refractivity contribution in [1.82, 2.24) is 29.6 Å². The van der Waals surface area contributed by atoms with E-state index >= 15 is 0 Å². The molecule has 2 aromatic rings. The van der Waals surface area contributed by atoms with Crippen molar-refractivity contribution in [3.63, 3.8) is 0 Å². The summed E-state index contributed by atoms with van der Waals surface area (Å²) in [4.78, 5) is 17.0. The van der Waals surface area contributed by atoms with Gasteiger partial charge in [-0.05, 0) is 6.07 Å². The van der Waals surface area contributed by atoms with Gasteiger partial charge in [-0.15, -0.1) is 0 Å². The molecule has 0 spiro atoms. The van der Waals surface area contributed by atoms with E-state index in [2.05, 4.69) is 29.9 Å². The molecule has 21 heavy (non-hydrogen) atoms. The zero-order chi connectivity index (χ0) is 14.7. The van der Waals surface area contributed by atoms with Crippen molar-refractivity contribution in [3.05, 3.63) is 18.5 Å². The summed E-state index contributed by atoms with van der Waals surface area (Å²) >= 11 is 0. The van der Waals surface area contributed by atoms with Crippen molar-refractivity contribution in [1.29, 1.82) is 0 Å². The molecular formula is C12H18N8O. The van der Waals surface area contributed by atoms with Crippen LogP contribution in [0.3, 0.4) is 0 Å². The van der Waals surface area contributed by atoms with E-state index in [0.717, 1.165) is 26.2 Å². The molecule has 0 unspecified atom stereocenters. The smallest absolute Gasteiger partial charge is 0.257 e. The number of anilines is 2. The van der Waals surface area contributed by atoms with Crippen molar-refractivity contribution in [2.45, 2.75) is 0 Å². The van der Waals surface area contributed by atoms with Gasteiger partial charge in [0.1, 0.15) is 0 Å². The Bertz CT molecular complexity index is 579. The SMILES string of the molecule is Nc1nc(N2CCN(CCO)CC2)nc(-n2cccn2)n1. The third kappa shape index (κ3) is 3.09. The molecule has 0 atom stereocenters. The maximum absolute atomic E-state index is 8.97. The Hall–Kier alpha value is -2.26. The number of nitrogens with zero attached hydrogens (tertiary/aromatic N) is 7. The number of nitrogen functional groups attached to an aromatic ring is 1. The lowest BCUT2D eigenvalue weighted by Gasteiger charge is -2.34. The Morgan fingerprint density at radius 2 is 1.86 bits per heavy atom. The van der Waals surface area contributed by atoms with Crippen LogP contribution in [0.25, 0.3) is 5.95 Å². The van der Waals surface area contributed by atoms with E-state index in [1.54, 1.807) is 23.1 Å². The maximum atomic E-state index is 8.97. The summed E-state index contributed by atoms with van der Waals surface area (Å²) < 4.78 is 1.56. The quantitative estimate of drug-likeness (QED) is 0.719. The molecule has 1 saturated heterocycles. The fourth-order valence-electron chi connectivity index (χ4n) is 2.31. The molecule has 0 bridgehead atoms. The topological polar surface area (TPSA) is 109 Å². The highest BCUT2D eigenvalue weighted by Crippen LogP contribution is 2.13. The second-order valence-electron chi connectivity index (χ2n) is 4.80. The maximum Gasteiger partial charge on any atom is 0.257 e. The molecular weight excluding hydrogens is 272 g/mol. The molecule has 0 amide bonds. The van der Waals surface area contributed by atoms with E-state index in [9.17, 15) is 0 Å². The number of β-amino-alcohol motifs (C(OH)–C–C–N with tert-alkyl or cyclic N) is 1. The van der Waals surface area contributed by atoms with Gasteiger partial charge >= 0.3 is 0 Å². The average molecular weight is 290 g/mol. The summed E-state index contributed by atoms with van der Waals surface area (Å²) in [6.45, 7) is 4.20. The van der Waals surface area contributed by atoms with Gasteiger partial charge in [-0.2, -0.15) is 20.1 Å². The van der Waals surface area contributed by atoms with Crippen molar-refractivity contribution >= 4 is 11.9 Å². The summed E-state index contributed by atoms with van der Waals surface area (Å²) in [5.41, 5.74) is 5.77. The second kappa shape index (κ2) is 6.02. The minimum absolute atomic E-state index is 0.183. The Balaban J connectivity index is 1.77. The number of aliphatic hydroxyl groups is 1. The first-order valence-electron chi connectivity index (χ1n) is 6.86. The zero-order valence-corrected chi connectivity index (χ0v) is 11.6. The van der Waals surface area contributed by atoms with Gasteiger partial charge in [0.05, 0.1) is 6.61 Å². The van der Waals surface area contributed by atoms with Crippen LogP contribution in [0.4, 0.5) is 11.9 Å². The van der Waals surface area contributed by atoms with Crippen LogP contribution in [0.1, 0.15) is 0 Å². The van der Waals surface area contributed by atoms with E-state index in [1.807, 2.05) is 0 Å². The number of hydrogen-bond acceptors (Lipinski definition) is 8. The molecule has 2 aromatic heterocycles. The third-order valence-electron chi connectivity index (χ3n) is 3.41. The largest absolute Gasteiger partial charge is 0.395 e. The van der Waals surface area contributed by atoms with Crippen LogP contribution in [-0.4, -0.2) is 74.1 Å². The van der Waals surface area contributed by atoms with Crippen molar-refractivity contribution in [2.24, 2.45) is 0 Å². The lowest BCUT2D eigenvalue weighted by molar-refractivity contribution is 0.188. The number of rotatable bonds is 4. The summed E-state index contributed by atoms with van der Waals surface area (Å²) in [6, 6.07) is 1.80. The summed E-state index contributed by atoms with van der Waals surface area (Å²) in [7, 11) is 0. The Morgan fingerprint density at radius 3 is 2.52 bits per heavy atom. The minimum atomic E-state index is 0.183. The number of aliphatic hydroxyl groups excluding tert-OH is 1. The van der Waals surface area contributed by atoms with Gasteiger partial charge in [0.15, 0.2) is 0 Å². The normalized spacial score (nSPS) is 16.3. The van der Waals surface area contributed by atoms with E-state index in [4.69, 9.17) is 10.8 Å². The minimum Gasteiger partial charge on any atom is -0.395 e. The number of piperazine rings is 1.